The van der Waals surface area contributed by atoms with E-state index in [9.17, 15) is 4.39 Å². The topological polar surface area (TPSA) is 28.4 Å². The first-order valence-electron chi connectivity index (χ1n) is 12.3. The van der Waals surface area contributed by atoms with Gasteiger partial charge in [0.1, 0.15) is 17.2 Å². The molecule has 4 heteroatoms. The summed E-state index contributed by atoms with van der Waals surface area (Å²) in [5.74, 6) is 0.505. The van der Waals surface area contributed by atoms with Crippen LogP contribution in [0.15, 0.2) is 101 Å². The van der Waals surface area contributed by atoms with Crippen molar-refractivity contribution in [1.82, 2.24) is 5.32 Å². The summed E-state index contributed by atoms with van der Waals surface area (Å²) in [6.07, 6.45) is 0. The van der Waals surface area contributed by atoms with Crippen LogP contribution in [-0.2, 0) is 0 Å². The van der Waals surface area contributed by atoms with E-state index in [1.165, 1.54) is 17.7 Å². The van der Waals surface area contributed by atoms with Gasteiger partial charge in [-0.05, 0) is 62.4 Å². The maximum atomic E-state index is 13.7. The van der Waals surface area contributed by atoms with Crippen LogP contribution >= 0.6 is 0 Å². The Hall–Kier alpha value is -3.89. The molecule has 1 aromatic heterocycles. The van der Waals surface area contributed by atoms with E-state index in [4.69, 9.17) is 4.42 Å². The zero-order valence-electron chi connectivity index (χ0n) is 21.1. The molecular weight excluding hydrogens is 447 g/mol. The van der Waals surface area contributed by atoms with Crippen LogP contribution < -0.4 is 10.2 Å². The van der Waals surface area contributed by atoms with Gasteiger partial charge in [-0.2, -0.15) is 0 Å². The first-order valence-corrected chi connectivity index (χ1v) is 12.3. The predicted molar refractivity (Wildman–Crippen MR) is 148 cm³/mol. The molecule has 0 radical (unpaired) electrons. The van der Waals surface area contributed by atoms with Crippen molar-refractivity contribution < 1.29 is 8.81 Å². The molecule has 0 aliphatic carbocycles. The molecule has 0 saturated carbocycles. The smallest absolute Gasteiger partial charge is 0.140 e. The van der Waals surface area contributed by atoms with Crippen molar-refractivity contribution in [3.8, 4) is 22.5 Å². The Morgan fingerprint density at radius 1 is 0.806 bits per heavy atom. The van der Waals surface area contributed by atoms with Gasteiger partial charge in [0, 0.05) is 46.9 Å². The molecule has 5 aromatic rings. The molecule has 1 heterocycles. The highest BCUT2D eigenvalue weighted by Crippen LogP contribution is 2.44. The first-order chi connectivity index (χ1) is 17.5. The SMILES string of the molecule is CNC(C)c1c(-c2ccc(F)cc2)oc2cc(N(C)C(C)c3ccccc3)c(-c3ccccc3)cc12. The molecule has 0 spiro atoms. The van der Waals surface area contributed by atoms with Crippen LogP contribution in [0.3, 0.4) is 0 Å². The summed E-state index contributed by atoms with van der Waals surface area (Å²) in [6, 6.07) is 32.1. The van der Waals surface area contributed by atoms with E-state index < -0.39 is 0 Å². The Labute approximate surface area is 212 Å². The summed E-state index contributed by atoms with van der Waals surface area (Å²) >= 11 is 0. The zero-order chi connectivity index (χ0) is 25.2. The molecule has 2 atom stereocenters. The van der Waals surface area contributed by atoms with E-state index in [1.54, 1.807) is 12.1 Å². The minimum atomic E-state index is -0.261. The van der Waals surface area contributed by atoms with Crippen molar-refractivity contribution in [2.45, 2.75) is 25.9 Å². The summed E-state index contributed by atoms with van der Waals surface area (Å²) in [4.78, 5) is 2.30. The fourth-order valence-electron chi connectivity index (χ4n) is 4.85. The van der Waals surface area contributed by atoms with Crippen molar-refractivity contribution in [1.29, 1.82) is 0 Å². The lowest BCUT2D eigenvalue weighted by atomic mass is 9.95. The Morgan fingerprint density at radius 2 is 1.44 bits per heavy atom. The molecular formula is C32H31FN2O. The van der Waals surface area contributed by atoms with Gasteiger partial charge in [0.2, 0.25) is 0 Å². The third-order valence-electron chi connectivity index (χ3n) is 7.14. The number of nitrogens with zero attached hydrogens (tertiary/aromatic N) is 1. The molecule has 0 aliphatic rings. The third kappa shape index (κ3) is 4.40. The number of halogens is 1. The fraction of sp³-hybridized carbons (Fsp3) is 0.188. The van der Waals surface area contributed by atoms with Crippen LogP contribution in [-0.4, -0.2) is 14.1 Å². The third-order valence-corrected chi connectivity index (χ3v) is 7.14. The molecule has 1 N–H and O–H groups in total. The summed E-state index contributed by atoms with van der Waals surface area (Å²) in [6.45, 7) is 4.34. The summed E-state index contributed by atoms with van der Waals surface area (Å²) in [5.41, 5.74) is 7.37. The van der Waals surface area contributed by atoms with E-state index in [-0.39, 0.29) is 17.9 Å². The summed E-state index contributed by atoms with van der Waals surface area (Å²) < 4.78 is 20.2. The van der Waals surface area contributed by atoms with E-state index in [0.717, 1.165) is 44.7 Å². The second-order valence-electron chi connectivity index (χ2n) is 9.29. The molecule has 0 amide bonds. The number of furan rings is 1. The standard InChI is InChI=1S/C32H31FN2O/c1-21(34-3)31-28-19-27(24-13-9-6-10-14-24)29(35(4)22(2)23-11-7-5-8-12-23)20-30(28)36-32(31)25-15-17-26(33)18-16-25/h5-22,34H,1-4H3. The minimum absolute atomic E-state index is 0.0433. The largest absolute Gasteiger partial charge is 0.456 e. The van der Waals surface area contributed by atoms with Gasteiger partial charge in [-0.15, -0.1) is 0 Å². The Kier molecular flexibility index (Phi) is 6.62. The average Bonchev–Trinajstić information content (AvgIpc) is 3.31. The van der Waals surface area contributed by atoms with Gasteiger partial charge in [-0.25, -0.2) is 4.39 Å². The van der Waals surface area contributed by atoms with Gasteiger partial charge in [-0.3, -0.25) is 0 Å². The molecule has 36 heavy (non-hydrogen) atoms. The number of hydrogen-bond acceptors (Lipinski definition) is 3. The molecule has 5 rings (SSSR count). The Balaban J connectivity index is 1.75. The van der Waals surface area contributed by atoms with Crippen molar-refractivity contribution in [2.24, 2.45) is 0 Å². The molecule has 3 nitrogen and oxygen atoms in total. The van der Waals surface area contributed by atoms with Gasteiger partial charge in [0.25, 0.3) is 0 Å². The molecule has 0 fully saturated rings. The lowest BCUT2D eigenvalue weighted by Crippen LogP contribution is -2.22. The van der Waals surface area contributed by atoms with Gasteiger partial charge in [0.15, 0.2) is 0 Å². The molecule has 0 aliphatic heterocycles. The van der Waals surface area contributed by atoms with Gasteiger partial charge >= 0.3 is 0 Å². The van der Waals surface area contributed by atoms with E-state index >= 15 is 0 Å². The predicted octanol–water partition coefficient (Wildman–Crippen LogP) is 8.38. The van der Waals surface area contributed by atoms with Gasteiger partial charge < -0.3 is 14.6 Å². The highest BCUT2D eigenvalue weighted by atomic mass is 19.1. The number of fused-ring (bicyclic) bond motifs is 1. The normalized spacial score (nSPS) is 13.0. The number of benzene rings is 4. The van der Waals surface area contributed by atoms with E-state index in [0.29, 0.717) is 0 Å². The monoisotopic (exact) mass is 478 g/mol. The van der Waals surface area contributed by atoms with Crippen LogP contribution in [0.4, 0.5) is 10.1 Å². The quantitative estimate of drug-likeness (QED) is 0.255. The second-order valence-corrected chi connectivity index (χ2v) is 9.29. The van der Waals surface area contributed by atoms with Gasteiger partial charge in [-0.1, -0.05) is 60.7 Å². The van der Waals surface area contributed by atoms with Crippen molar-refractivity contribution >= 4 is 16.7 Å². The van der Waals surface area contributed by atoms with Crippen molar-refractivity contribution in [2.75, 3.05) is 19.0 Å². The summed E-state index contributed by atoms with van der Waals surface area (Å²) in [7, 11) is 4.08. The molecule has 0 bridgehead atoms. The van der Waals surface area contributed by atoms with Crippen molar-refractivity contribution in [3.63, 3.8) is 0 Å². The number of anilines is 1. The molecule has 4 aromatic carbocycles. The molecule has 2 unspecified atom stereocenters. The lowest BCUT2D eigenvalue weighted by Gasteiger charge is -2.29. The van der Waals surface area contributed by atoms with Crippen molar-refractivity contribution in [3.05, 3.63) is 114 Å². The molecule has 0 saturated heterocycles. The lowest BCUT2D eigenvalue weighted by molar-refractivity contribution is 0.601. The van der Waals surface area contributed by atoms with Crippen LogP contribution in [0.2, 0.25) is 0 Å². The van der Waals surface area contributed by atoms with Crippen LogP contribution in [0.25, 0.3) is 33.4 Å². The number of hydrogen-bond donors (Lipinski definition) is 1. The first kappa shape index (κ1) is 23.8. The van der Waals surface area contributed by atoms with Crippen LogP contribution in [0.1, 0.15) is 37.1 Å². The maximum absolute atomic E-state index is 13.7. The maximum Gasteiger partial charge on any atom is 0.140 e. The Morgan fingerprint density at radius 3 is 2.08 bits per heavy atom. The second kappa shape index (κ2) is 10.00. The van der Waals surface area contributed by atoms with Crippen LogP contribution in [0, 0.1) is 5.82 Å². The summed E-state index contributed by atoms with van der Waals surface area (Å²) in [5, 5.41) is 4.43. The minimum Gasteiger partial charge on any atom is -0.456 e. The number of nitrogens with one attached hydrogen (secondary N) is 1. The molecule has 182 valence electrons. The number of rotatable bonds is 7. The van der Waals surface area contributed by atoms with Gasteiger partial charge in [0.05, 0.1) is 6.04 Å². The fourth-order valence-corrected chi connectivity index (χ4v) is 4.85. The average molecular weight is 479 g/mol. The highest BCUT2D eigenvalue weighted by molar-refractivity contribution is 5.97. The Bertz CT molecular complexity index is 1460. The van der Waals surface area contributed by atoms with Crippen LogP contribution in [0.5, 0.6) is 0 Å². The van der Waals surface area contributed by atoms with E-state index in [1.807, 2.05) is 19.2 Å². The zero-order valence-corrected chi connectivity index (χ0v) is 21.1. The van der Waals surface area contributed by atoms with E-state index in [2.05, 4.69) is 91.8 Å². The highest BCUT2D eigenvalue weighted by Gasteiger charge is 2.24.